The minimum Gasteiger partial charge on any atom is -0.784 e. The number of hydroxylamine groups is 2. The predicted molar refractivity (Wildman–Crippen MR) is 47.6 cm³/mol. The molecule has 0 spiro atoms. The Labute approximate surface area is 73.3 Å². The molecule has 1 aliphatic heterocycles. The third-order valence-corrected chi connectivity index (χ3v) is 2.70. The van der Waals surface area contributed by atoms with Crippen molar-refractivity contribution in [3.05, 3.63) is 5.21 Å². The van der Waals surface area contributed by atoms with E-state index in [4.69, 9.17) is 0 Å². The fourth-order valence-electron chi connectivity index (χ4n) is 1.70. The quantitative estimate of drug-likeness (QED) is 0.555. The number of Topliss-reactive ketones (excluding diaryl/α,β-unsaturated/α-hetero) is 1. The Kier molecular flexibility index (Phi) is 2.05. The Morgan fingerprint density at radius 1 is 1.33 bits per heavy atom. The molecule has 3 heteroatoms. The van der Waals surface area contributed by atoms with Gasteiger partial charge in [0.1, 0.15) is 0 Å². The van der Waals surface area contributed by atoms with Crippen LogP contribution in [0.1, 0.15) is 40.5 Å². The van der Waals surface area contributed by atoms with Gasteiger partial charge in [-0.15, -0.1) is 0 Å². The van der Waals surface area contributed by atoms with Crippen LogP contribution in [0, 0.1) is 5.21 Å². The van der Waals surface area contributed by atoms with Crippen molar-refractivity contribution in [2.24, 2.45) is 0 Å². The van der Waals surface area contributed by atoms with E-state index in [0.29, 0.717) is 12.8 Å². The second-order valence-corrected chi connectivity index (χ2v) is 4.59. The first kappa shape index (κ1) is 9.68. The molecule has 3 nitrogen and oxygen atoms in total. The molecule has 0 radical (unpaired) electrons. The number of hydrogen-bond acceptors (Lipinski definition) is 3. The van der Waals surface area contributed by atoms with Gasteiger partial charge >= 0.3 is 0 Å². The zero-order chi connectivity index (χ0) is 9.57. The molecule has 12 heavy (non-hydrogen) atoms. The normalized spacial score (nSPS) is 28.9. The summed E-state index contributed by atoms with van der Waals surface area (Å²) in [6, 6.07) is 0. The summed E-state index contributed by atoms with van der Waals surface area (Å²) in [6.07, 6.45) is 1.19. The van der Waals surface area contributed by atoms with E-state index in [1.807, 2.05) is 13.8 Å². The van der Waals surface area contributed by atoms with E-state index >= 15 is 0 Å². The average molecular weight is 170 g/mol. The van der Waals surface area contributed by atoms with Crippen LogP contribution in [-0.4, -0.2) is 21.9 Å². The summed E-state index contributed by atoms with van der Waals surface area (Å²) in [6.45, 7) is 7.16. The number of ketones is 1. The number of piperidine rings is 1. The molecule has 0 aromatic heterocycles. The average Bonchev–Trinajstić information content (AvgIpc) is 1.96. The molecule has 0 aromatic carbocycles. The molecule has 1 heterocycles. The van der Waals surface area contributed by atoms with Crippen LogP contribution in [0.25, 0.3) is 0 Å². The predicted octanol–water partition coefficient (Wildman–Crippen LogP) is 1.71. The number of carbonyl (C=O) groups is 1. The third kappa shape index (κ3) is 1.27. The van der Waals surface area contributed by atoms with Crippen LogP contribution in [0.3, 0.4) is 0 Å². The molecule has 0 atom stereocenters. The van der Waals surface area contributed by atoms with E-state index in [1.165, 1.54) is 0 Å². The first-order chi connectivity index (χ1) is 5.28. The second kappa shape index (κ2) is 2.54. The first-order valence-electron chi connectivity index (χ1n) is 4.29. The molecule has 1 fully saturated rings. The van der Waals surface area contributed by atoms with Crippen LogP contribution in [0.15, 0.2) is 0 Å². The fraction of sp³-hybridized carbons (Fsp3) is 0.889. The topological polar surface area (TPSA) is 43.4 Å². The molecule has 70 valence electrons. The molecule has 0 unspecified atom stereocenters. The van der Waals surface area contributed by atoms with E-state index in [0.717, 1.165) is 5.06 Å². The van der Waals surface area contributed by atoms with Gasteiger partial charge in [0.25, 0.3) is 0 Å². The van der Waals surface area contributed by atoms with Crippen molar-refractivity contribution in [3.63, 3.8) is 0 Å². The highest BCUT2D eigenvalue weighted by molar-refractivity contribution is 5.88. The second-order valence-electron chi connectivity index (χ2n) is 4.59. The lowest BCUT2D eigenvalue weighted by atomic mass is 9.81. The van der Waals surface area contributed by atoms with Crippen LogP contribution >= 0.6 is 0 Å². The summed E-state index contributed by atoms with van der Waals surface area (Å²) in [7, 11) is 0. The Bertz CT molecular complexity index is 209. The van der Waals surface area contributed by atoms with Gasteiger partial charge in [0, 0.05) is 12.0 Å². The van der Waals surface area contributed by atoms with Gasteiger partial charge in [-0.3, -0.25) is 4.79 Å². The summed E-state index contributed by atoms with van der Waals surface area (Å²) in [4.78, 5) is 11.4. The Hall–Kier alpha value is -0.410. The van der Waals surface area contributed by atoms with Gasteiger partial charge in [-0.1, -0.05) is 0 Å². The molecule has 0 N–H and O–H groups in total. The van der Waals surface area contributed by atoms with E-state index < -0.39 is 11.1 Å². The standard InChI is InChI=1S/C9H16NO2/c1-8(2)6-5-7(11)9(3,4)10(8)12/h5-6H2,1-4H3/q-1. The molecule has 0 bridgehead atoms. The van der Waals surface area contributed by atoms with Gasteiger partial charge in [0.2, 0.25) is 0 Å². The first-order valence-corrected chi connectivity index (χ1v) is 4.29. The lowest BCUT2D eigenvalue weighted by molar-refractivity contribution is -0.136. The zero-order valence-corrected chi connectivity index (χ0v) is 8.18. The smallest absolute Gasteiger partial charge is 0.151 e. The van der Waals surface area contributed by atoms with Gasteiger partial charge in [-0.2, -0.15) is 0 Å². The van der Waals surface area contributed by atoms with Crippen molar-refractivity contribution in [2.45, 2.75) is 51.6 Å². The van der Waals surface area contributed by atoms with Gasteiger partial charge in [-0.05, 0) is 34.1 Å². The summed E-state index contributed by atoms with van der Waals surface area (Å²) in [5.41, 5.74) is -1.22. The van der Waals surface area contributed by atoms with Crippen LogP contribution in [-0.2, 0) is 4.79 Å². The van der Waals surface area contributed by atoms with E-state index in [9.17, 15) is 10.0 Å². The Balaban J connectivity index is 2.93. The van der Waals surface area contributed by atoms with Crippen LogP contribution in [0.4, 0.5) is 0 Å². The molecular formula is C9H16NO2-. The largest absolute Gasteiger partial charge is 0.784 e. The van der Waals surface area contributed by atoms with Crippen molar-refractivity contribution in [1.29, 1.82) is 0 Å². The highest BCUT2D eigenvalue weighted by Gasteiger charge is 2.40. The SMILES string of the molecule is CC1(C)CCC(=O)C(C)(C)N1[O-]. The van der Waals surface area contributed by atoms with Crippen molar-refractivity contribution in [1.82, 2.24) is 5.06 Å². The van der Waals surface area contributed by atoms with Gasteiger partial charge < -0.3 is 10.3 Å². The monoisotopic (exact) mass is 170 g/mol. The Morgan fingerprint density at radius 3 is 2.25 bits per heavy atom. The van der Waals surface area contributed by atoms with Gasteiger partial charge in [-0.25, -0.2) is 0 Å². The molecule has 0 amide bonds. The molecule has 1 aliphatic rings. The van der Waals surface area contributed by atoms with E-state index in [1.54, 1.807) is 13.8 Å². The number of rotatable bonds is 0. The molecule has 0 aromatic rings. The molecule has 1 rings (SSSR count). The number of nitrogens with zero attached hydrogens (tertiary/aromatic N) is 1. The molecule has 0 aliphatic carbocycles. The minimum atomic E-state index is -0.832. The number of hydrogen-bond donors (Lipinski definition) is 0. The summed E-state index contributed by atoms with van der Waals surface area (Å²) in [5, 5.41) is 12.6. The van der Waals surface area contributed by atoms with Crippen LogP contribution < -0.4 is 0 Å². The maximum atomic E-state index is 11.7. The third-order valence-electron chi connectivity index (χ3n) is 2.70. The molecular weight excluding hydrogens is 154 g/mol. The van der Waals surface area contributed by atoms with Gasteiger partial charge in [0.15, 0.2) is 5.78 Å². The lowest BCUT2D eigenvalue weighted by Crippen LogP contribution is -2.60. The summed E-state index contributed by atoms with van der Waals surface area (Å²) < 4.78 is 0. The van der Waals surface area contributed by atoms with Crippen molar-refractivity contribution in [3.8, 4) is 0 Å². The number of carbonyl (C=O) groups excluding carboxylic acids is 1. The van der Waals surface area contributed by atoms with E-state index in [2.05, 4.69) is 0 Å². The minimum absolute atomic E-state index is 0.0526. The van der Waals surface area contributed by atoms with Crippen LogP contribution in [0.2, 0.25) is 0 Å². The zero-order valence-electron chi connectivity index (χ0n) is 8.18. The highest BCUT2D eigenvalue weighted by atomic mass is 16.5. The Morgan fingerprint density at radius 2 is 1.83 bits per heavy atom. The highest BCUT2D eigenvalue weighted by Crippen LogP contribution is 2.34. The molecule has 1 saturated heterocycles. The maximum absolute atomic E-state index is 11.7. The van der Waals surface area contributed by atoms with Crippen molar-refractivity contribution < 1.29 is 4.79 Å². The molecule has 0 saturated carbocycles. The fourth-order valence-corrected chi connectivity index (χ4v) is 1.70. The van der Waals surface area contributed by atoms with Gasteiger partial charge in [0.05, 0.1) is 5.54 Å². The maximum Gasteiger partial charge on any atom is 0.151 e. The lowest BCUT2D eigenvalue weighted by Gasteiger charge is -2.56. The van der Waals surface area contributed by atoms with E-state index in [-0.39, 0.29) is 5.78 Å². The van der Waals surface area contributed by atoms with Crippen molar-refractivity contribution in [2.75, 3.05) is 0 Å². The summed E-state index contributed by atoms with van der Waals surface area (Å²) in [5.74, 6) is 0.0526. The van der Waals surface area contributed by atoms with Crippen molar-refractivity contribution >= 4 is 5.78 Å². The van der Waals surface area contributed by atoms with Crippen LogP contribution in [0.5, 0.6) is 0 Å². The summed E-state index contributed by atoms with van der Waals surface area (Å²) >= 11 is 0.